The lowest BCUT2D eigenvalue weighted by molar-refractivity contribution is -0.141. The fraction of sp³-hybridized carbons (Fsp3) is 0.571. The van der Waals surface area contributed by atoms with Gasteiger partial charge in [0.05, 0.1) is 0 Å². The summed E-state index contributed by atoms with van der Waals surface area (Å²) in [6.07, 6.45) is 5.58. The lowest BCUT2D eigenvalue weighted by Crippen LogP contribution is -2.69. The molecule has 0 bridgehead atoms. The number of pyridine rings is 2. The summed E-state index contributed by atoms with van der Waals surface area (Å²) in [6, 6.07) is 4.65. The Hall–Kier alpha value is -6.14. The van der Waals surface area contributed by atoms with Gasteiger partial charge in [-0.3, -0.25) is 43.5 Å². The van der Waals surface area contributed by atoms with Crippen LogP contribution in [-0.2, 0) is 51.1 Å². The first-order valence-corrected chi connectivity index (χ1v) is 19.7. The number of carbonyl (C=O) groups is 8. The first kappa shape index (κ1) is 51.0. The van der Waals surface area contributed by atoms with Crippen LogP contribution < -0.4 is 42.5 Å². The molecule has 0 unspecified atom stereocenters. The highest BCUT2D eigenvalue weighted by Gasteiger charge is 2.44. The first-order valence-electron chi connectivity index (χ1n) is 19.7. The fourth-order valence-electron chi connectivity index (χ4n) is 5.33. The number of nitrogens with zero attached hydrogens (tertiary/aromatic N) is 2. The smallest absolute Gasteiger partial charge is 0.408 e. The Labute approximate surface area is 357 Å². The maximum absolute atomic E-state index is 13.6. The zero-order valence-electron chi connectivity index (χ0n) is 37.8. The molecule has 0 spiro atoms. The van der Waals surface area contributed by atoms with Crippen LogP contribution in [0.1, 0.15) is 101 Å². The molecule has 0 aliphatic carbocycles. The highest BCUT2D eigenvalue weighted by atomic mass is 16.6. The summed E-state index contributed by atoms with van der Waals surface area (Å²) in [5.74, 6) is -4.85. The molecule has 336 valence electrons. The van der Waals surface area contributed by atoms with E-state index in [4.69, 9.17) is 4.74 Å². The molecule has 0 aliphatic rings. The molecule has 0 saturated carbocycles. The number of likely N-dealkylation sites (N-methyl/N-ethyl adjacent to an activating group) is 1. The van der Waals surface area contributed by atoms with Crippen molar-refractivity contribution in [2.24, 2.45) is 0 Å². The van der Waals surface area contributed by atoms with Gasteiger partial charge in [-0.1, -0.05) is 0 Å². The Morgan fingerprint density at radius 3 is 1.11 bits per heavy atom. The van der Waals surface area contributed by atoms with Crippen molar-refractivity contribution in [2.75, 3.05) is 7.05 Å². The Morgan fingerprint density at radius 1 is 0.475 bits per heavy atom. The van der Waals surface area contributed by atoms with Gasteiger partial charge in [0.2, 0.25) is 41.4 Å². The number of hydrogen-bond acceptors (Lipinski definition) is 11. The van der Waals surface area contributed by atoms with E-state index in [2.05, 4.69) is 52.5 Å². The van der Waals surface area contributed by atoms with Gasteiger partial charge in [0.15, 0.2) is 0 Å². The van der Waals surface area contributed by atoms with Crippen LogP contribution in [0.5, 0.6) is 0 Å². The number of aromatic nitrogens is 2. The van der Waals surface area contributed by atoms with Crippen LogP contribution in [-0.4, -0.2) is 110 Å². The molecule has 2 aromatic heterocycles. The summed E-state index contributed by atoms with van der Waals surface area (Å²) in [6.45, 7) is 19.2. The van der Waals surface area contributed by atoms with Gasteiger partial charge in [-0.15, -0.1) is 0 Å². The van der Waals surface area contributed by atoms with Crippen molar-refractivity contribution >= 4 is 47.4 Å². The van der Waals surface area contributed by atoms with E-state index in [9.17, 15) is 38.4 Å². The van der Waals surface area contributed by atoms with E-state index in [1.165, 1.54) is 88.7 Å². The molecule has 19 nitrogen and oxygen atoms in total. The zero-order chi connectivity index (χ0) is 46.8. The minimum atomic E-state index is -1.64. The summed E-state index contributed by atoms with van der Waals surface area (Å²) < 4.78 is 5.34. The SMILES string of the molecule is CNC(=O)[C@H](Cc1ccncc1)NC(=O)C(C)(C)NC(=O)C(C)(C)NC(=O)C(C)(C)NC(=O)C(C)(C)NC(=O)C(C)(C)NC(=O)[C@H](Cc1ccncc1)NC(=O)OC(C)(C)C. The van der Waals surface area contributed by atoms with Crippen LogP contribution in [0.3, 0.4) is 0 Å². The van der Waals surface area contributed by atoms with Gasteiger partial charge < -0.3 is 47.3 Å². The molecule has 0 radical (unpaired) electrons. The summed E-state index contributed by atoms with van der Waals surface area (Å²) >= 11 is 0. The monoisotopic (exact) mass is 852 g/mol. The van der Waals surface area contributed by atoms with E-state index in [0.29, 0.717) is 5.56 Å². The van der Waals surface area contributed by atoms with Crippen molar-refractivity contribution in [1.29, 1.82) is 0 Å². The number of amides is 8. The van der Waals surface area contributed by atoms with Gasteiger partial charge in [0.1, 0.15) is 45.4 Å². The van der Waals surface area contributed by atoms with Crippen LogP contribution in [0.25, 0.3) is 0 Å². The Kier molecular flexibility index (Phi) is 16.7. The number of hydrogen-bond donors (Lipinski definition) is 8. The normalized spacial score (nSPS) is 13.3. The molecular formula is C42H64N10O9. The summed E-state index contributed by atoms with van der Waals surface area (Å²) in [5, 5.41) is 20.9. The lowest BCUT2D eigenvalue weighted by atomic mass is 9.94. The molecule has 8 N–H and O–H groups in total. The molecule has 0 saturated heterocycles. The second-order valence-electron chi connectivity index (χ2n) is 18.4. The minimum Gasteiger partial charge on any atom is -0.444 e. The second kappa shape index (κ2) is 19.9. The van der Waals surface area contributed by atoms with Gasteiger partial charge in [-0.2, -0.15) is 0 Å². The highest BCUT2D eigenvalue weighted by molar-refractivity contribution is 6.01. The van der Waals surface area contributed by atoms with E-state index in [-0.39, 0.29) is 12.8 Å². The molecule has 61 heavy (non-hydrogen) atoms. The zero-order valence-corrected chi connectivity index (χ0v) is 37.8. The van der Waals surface area contributed by atoms with Crippen molar-refractivity contribution in [3.05, 3.63) is 60.2 Å². The van der Waals surface area contributed by atoms with E-state index in [1.807, 2.05) is 0 Å². The molecule has 2 aromatic rings. The molecule has 0 fully saturated rings. The van der Waals surface area contributed by atoms with Crippen molar-refractivity contribution in [3.63, 3.8) is 0 Å². The predicted octanol–water partition coefficient (Wildman–Crippen LogP) is 0.860. The van der Waals surface area contributed by atoms with Gasteiger partial charge in [0.25, 0.3) is 0 Å². The van der Waals surface area contributed by atoms with Crippen LogP contribution in [0.2, 0.25) is 0 Å². The maximum Gasteiger partial charge on any atom is 0.408 e. The summed E-state index contributed by atoms with van der Waals surface area (Å²) in [7, 11) is 1.44. The lowest BCUT2D eigenvalue weighted by Gasteiger charge is -2.37. The first-order chi connectivity index (χ1) is 27.8. The van der Waals surface area contributed by atoms with Crippen molar-refractivity contribution in [3.8, 4) is 0 Å². The van der Waals surface area contributed by atoms with Gasteiger partial charge in [-0.05, 0) is 125 Å². The molecule has 19 heteroatoms. The fourth-order valence-corrected chi connectivity index (χ4v) is 5.33. The van der Waals surface area contributed by atoms with E-state index >= 15 is 0 Å². The minimum absolute atomic E-state index is 0.0506. The molecule has 2 atom stereocenters. The molecule has 0 aliphatic heterocycles. The molecule has 2 rings (SSSR count). The van der Waals surface area contributed by atoms with E-state index in [0.717, 1.165) is 5.56 Å². The van der Waals surface area contributed by atoms with Crippen LogP contribution in [0.15, 0.2) is 49.1 Å². The topological polar surface area (TPSA) is 268 Å². The van der Waals surface area contributed by atoms with Crippen LogP contribution >= 0.6 is 0 Å². The Bertz CT molecular complexity index is 1930. The summed E-state index contributed by atoms with van der Waals surface area (Å²) in [4.78, 5) is 115. The molecule has 0 aromatic carbocycles. The van der Waals surface area contributed by atoms with Gasteiger partial charge in [-0.25, -0.2) is 4.79 Å². The third-order valence-electron chi connectivity index (χ3n) is 9.23. The number of carbonyl (C=O) groups excluding carboxylic acids is 8. The standard InChI is InChI=1S/C42H64N10O9/c1-37(2,3)61-36(60)47-28(24-26-17-21-45-22-18-26)30(54)48-39(6,7)32(56)50-41(10,11)34(58)52-42(12,13)35(59)51-40(8,9)33(57)49-38(4,5)31(55)46-27(29(53)43-14)23-25-15-19-44-20-16-25/h15-22,27-28H,23-24H2,1-14H3,(H,43,53)(H,46,55)(H,47,60)(H,48,54)(H,49,57)(H,50,56)(H,51,59)(H,52,58)/t27-,28-/m0/s1. The number of alkyl carbamates (subject to hydrolysis) is 1. The molecule has 8 amide bonds. The van der Waals surface area contributed by atoms with Crippen LogP contribution in [0.4, 0.5) is 4.79 Å². The van der Waals surface area contributed by atoms with E-state index in [1.54, 1.807) is 57.4 Å². The average molecular weight is 853 g/mol. The average Bonchev–Trinajstić information content (AvgIpc) is 3.13. The predicted molar refractivity (Wildman–Crippen MR) is 226 cm³/mol. The second-order valence-corrected chi connectivity index (χ2v) is 18.4. The Balaban J connectivity index is 2.10. The molecular weight excluding hydrogens is 789 g/mol. The van der Waals surface area contributed by atoms with Crippen molar-refractivity contribution in [2.45, 2.75) is 148 Å². The summed E-state index contributed by atoms with van der Waals surface area (Å²) in [5.41, 5.74) is -7.47. The number of nitrogens with one attached hydrogen (secondary N) is 8. The van der Waals surface area contributed by atoms with Gasteiger partial charge in [0, 0.05) is 44.7 Å². The third-order valence-corrected chi connectivity index (χ3v) is 9.23. The Morgan fingerprint density at radius 2 is 0.787 bits per heavy atom. The third kappa shape index (κ3) is 15.8. The largest absolute Gasteiger partial charge is 0.444 e. The number of rotatable bonds is 18. The molecule has 2 heterocycles. The highest BCUT2D eigenvalue weighted by Crippen LogP contribution is 2.16. The number of ether oxygens (including phenoxy) is 1. The quantitative estimate of drug-likeness (QED) is 0.104. The van der Waals surface area contributed by atoms with Crippen molar-refractivity contribution in [1.82, 2.24) is 52.5 Å². The van der Waals surface area contributed by atoms with Crippen LogP contribution in [0, 0.1) is 0 Å². The van der Waals surface area contributed by atoms with Crippen molar-refractivity contribution < 1.29 is 43.1 Å². The van der Waals surface area contributed by atoms with E-state index < -0.39 is 92.8 Å². The maximum atomic E-state index is 13.6. The van der Waals surface area contributed by atoms with Gasteiger partial charge >= 0.3 is 6.09 Å².